The van der Waals surface area contributed by atoms with E-state index in [1.54, 1.807) is 30.3 Å². The van der Waals surface area contributed by atoms with E-state index in [4.69, 9.17) is 28.5 Å². The van der Waals surface area contributed by atoms with Crippen LogP contribution >= 0.6 is 23.2 Å². The van der Waals surface area contributed by atoms with Crippen molar-refractivity contribution in [1.29, 1.82) is 5.26 Å². The van der Waals surface area contributed by atoms with E-state index in [1.807, 2.05) is 6.07 Å². The van der Waals surface area contributed by atoms with E-state index < -0.39 is 0 Å². The minimum atomic E-state index is 0.477. The lowest BCUT2D eigenvalue weighted by Crippen LogP contribution is -1.93. The number of rotatable bonds is 2. The van der Waals surface area contributed by atoms with Crippen molar-refractivity contribution in [1.82, 2.24) is 4.98 Å². The van der Waals surface area contributed by atoms with Gasteiger partial charge in [0.2, 0.25) is 0 Å². The van der Waals surface area contributed by atoms with Gasteiger partial charge >= 0.3 is 0 Å². The summed E-state index contributed by atoms with van der Waals surface area (Å²) < 4.78 is 0. The second-order valence-corrected chi connectivity index (χ2v) is 4.11. The summed E-state index contributed by atoms with van der Waals surface area (Å²) in [5, 5.41) is 12.7. The molecule has 0 saturated carbocycles. The highest BCUT2D eigenvalue weighted by Crippen LogP contribution is 2.26. The third-order valence-corrected chi connectivity index (χ3v) is 2.82. The summed E-state index contributed by atoms with van der Waals surface area (Å²) in [5.41, 5.74) is 1.31. The predicted molar refractivity (Wildman–Crippen MR) is 68.7 cm³/mol. The van der Waals surface area contributed by atoms with E-state index in [0.717, 1.165) is 5.69 Å². The average Bonchev–Trinajstić information content (AvgIpc) is 2.35. The first kappa shape index (κ1) is 11.7. The Labute approximate surface area is 109 Å². The Kier molecular flexibility index (Phi) is 3.48. The number of benzene rings is 1. The van der Waals surface area contributed by atoms with E-state index in [0.29, 0.717) is 21.4 Å². The van der Waals surface area contributed by atoms with Gasteiger partial charge in [-0.05, 0) is 30.3 Å². The molecule has 0 aliphatic heterocycles. The molecule has 0 unspecified atom stereocenters. The Morgan fingerprint density at radius 2 is 1.94 bits per heavy atom. The van der Waals surface area contributed by atoms with E-state index in [-0.39, 0.29) is 0 Å². The molecule has 0 saturated heterocycles. The van der Waals surface area contributed by atoms with Gasteiger partial charge < -0.3 is 5.32 Å². The summed E-state index contributed by atoms with van der Waals surface area (Å²) in [6, 6.07) is 10.6. The lowest BCUT2D eigenvalue weighted by atomic mass is 10.3. The molecule has 3 nitrogen and oxygen atoms in total. The largest absolute Gasteiger partial charge is 0.340 e. The molecule has 2 aromatic rings. The van der Waals surface area contributed by atoms with Crippen LogP contribution in [0.5, 0.6) is 0 Å². The minimum Gasteiger partial charge on any atom is -0.340 e. The van der Waals surface area contributed by atoms with E-state index in [2.05, 4.69) is 10.3 Å². The SMILES string of the molecule is N#Cc1ccc(Nc2ccc(Cl)c(Cl)c2)nc1. The lowest BCUT2D eigenvalue weighted by molar-refractivity contribution is 1.29. The molecule has 1 heterocycles. The van der Waals surface area contributed by atoms with Crippen LogP contribution in [0.2, 0.25) is 10.0 Å². The first-order valence-electron chi connectivity index (χ1n) is 4.77. The summed E-state index contributed by atoms with van der Waals surface area (Å²) >= 11 is 11.7. The highest BCUT2D eigenvalue weighted by molar-refractivity contribution is 6.42. The number of nitrogens with one attached hydrogen (secondary N) is 1. The third kappa shape index (κ3) is 2.88. The monoisotopic (exact) mass is 263 g/mol. The van der Waals surface area contributed by atoms with E-state index >= 15 is 0 Å². The molecule has 0 fully saturated rings. The van der Waals surface area contributed by atoms with Crippen molar-refractivity contribution in [2.45, 2.75) is 0 Å². The zero-order valence-corrected chi connectivity index (χ0v) is 10.1. The maximum absolute atomic E-state index is 8.64. The lowest BCUT2D eigenvalue weighted by Gasteiger charge is -2.06. The maximum Gasteiger partial charge on any atom is 0.130 e. The molecule has 0 aliphatic carbocycles. The van der Waals surface area contributed by atoms with Gasteiger partial charge in [0.15, 0.2) is 0 Å². The standard InChI is InChI=1S/C12H7Cl2N3/c13-10-3-2-9(5-11(10)14)17-12-4-1-8(6-15)7-16-12/h1-5,7H,(H,16,17). The molecule has 84 valence electrons. The fourth-order valence-electron chi connectivity index (χ4n) is 1.26. The number of aromatic nitrogens is 1. The summed E-state index contributed by atoms with van der Waals surface area (Å²) in [4.78, 5) is 4.09. The van der Waals surface area contributed by atoms with Gasteiger partial charge in [-0.2, -0.15) is 5.26 Å². The van der Waals surface area contributed by atoms with Crippen LogP contribution in [0.25, 0.3) is 0 Å². The van der Waals surface area contributed by atoms with Crippen LogP contribution in [0.1, 0.15) is 5.56 Å². The van der Waals surface area contributed by atoms with Crippen LogP contribution in [0.3, 0.4) is 0 Å². The van der Waals surface area contributed by atoms with Crippen molar-refractivity contribution >= 4 is 34.7 Å². The Morgan fingerprint density at radius 3 is 2.53 bits per heavy atom. The van der Waals surface area contributed by atoms with Gasteiger partial charge in [0, 0.05) is 11.9 Å². The van der Waals surface area contributed by atoms with Gasteiger partial charge in [0.25, 0.3) is 0 Å². The molecule has 0 spiro atoms. The van der Waals surface area contributed by atoms with Crippen molar-refractivity contribution < 1.29 is 0 Å². The molecular weight excluding hydrogens is 257 g/mol. The van der Waals surface area contributed by atoms with Gasteiger partial charge in [0.05, 0.1) is 15.6 Å². The van der Waals surface area contributed by atoms with Gasteiger partial charge in [-0.1, -0.05) is 23.2 Å². The molecule has 5 heteroatoms. The topological polar surface area (TPSA) is 48.7 Å². The Morgan fingerprint density at radius 1 is 1.12 bits per heavy atom. The second kappa shape index (κ2) is 5.05. The highest BCUT2D eigenvalue weighted by Gasteiger charge is 2.00. The summed E-state index contributed by atoms with van der Waals surface area (Å²) in [5.74, 6) is 0.641. The molecule has 17 heavy (non-hydrogen) atoms. The highest BCUT2D eigenvalue weighted by atomic mass is 35.5. The number of nitrogens with zero attached hydrogens (tertiary/aromatic N) is 2. The predicted octanol–water partition coefficient (Wildman–Crippen LogP) is 4.00. The molecule has 1 aromatic carbocycles. The Hall–Kier alpha value is -1.76. The molecule has 1 N–H and O–H groups in total. The number of pyridine rings is 1. The van der Waals surface area contributed by atoms with Crippen molar-refractivity contribution in [3.8, 4) is 6.07 Å². The first-order valence-corrected chi connectivity index (χ1v) is 5.53. The molecule has 0 bridgehead atoms. The van der Waals surface area contributed by atoms with Crippen LogP contribution in [0, 0.1) is 11.3 Å². The summed E-state index contributed by atoms with van der Waals surface area (Å²) in [6.45, 7) is 0. The van der Waals surface area contributed by atoms with Crippen molar-refractivity contribution in [2.24, 2.45) is 0 Å². The zero-order chi connectivity index (χ0) is 12.3. The normalized spacial score (nSPS) is 9.71. The maximum atomic E-state index is 8.64. The molecule has 0 radical (unpaired) electrons. The number of anilines is 2. The van der Waals surface area contributed by atoms with Crippen LogP contribution in [-0.4, -0.2) is 4.98 Å². The Balaban J connectivity index is 2.20. The molecule has 1 aromatic heterocycles. The zero-order valence-electron chi connectivity index (χ0n) is 8.61. The average molecular weight is 264 g/mol. The van der Waals surface area contributed by atoms with Crippen LogP contribution in [-0.2, 0) is 0 Å². The summed E-state index contributed by atoms with van der Waals surface area (Å²) in [6.07, 6.45) is 1.50. The van der Waals surface area contributed by atoms with Gasteiger partial charge in [-0.15, -0.1) is 0 Å². The quantitative estimate of drug-likeness (QED) is 0.891. The fourth-order valence-corrected chi connectivity index (χ4v) is 1.55. The Bertz CT molecular complexity index is 573. The van der Waals surface area contributed by atoms with Crippen molar-refractivity contribution in [2.75, 3.05) is 5.32 Å². The number of hydrogen-bond donors (Lipinski definition) is 1. The van der Waals surface area contributed by atoms with Gasteiger partial charge in [0.1, 0.15) is 11.9 Å². The summed E-state index contributed by atoms with van der Waals surface area (Å²) in [7, 11) is 0. The first-order chi connectivity index (χ1) is 8.19. The van der Waals surface area contributed by atoms with Crippen LogP contribution in [0.15, 0.2) is 36.5 Å². The molecule has 2 rings (SSSR count). The minimum absolute atomic E-state index is 0.477. The molecule has 0 amide bonds. The van der Waals surface area contributed by atoms with Crippen LogP contribution < -0.4 is 5.32 Å². The fraction of sp³-hybridized carbons (Fsp3) is 0. The second-order valence-electron chi connectivity index (χ2n) is 3.30. The number of halogens is 2. The van der Waals surface area contributed by atoms with Gasteiger partial charge in [-0.3, -0.25) is 0 Å². The van der Waals surface area contributed by atoms with E-state index in [1.165, 1.54) is 6.20 Å². The third-order valence-electron chi connectivity index (χ3n) is 2.08. The molecule has 0 aliphatic rings. The van der Waals surface area contributed by atoms with Crippen molar-refractivity contribution in [3.05, 3.63) is 52.1 Å². The van der Waals surface area contributed by atoms with Gasteiger partial charge in [-0.25, -0.2) is 4.98 Å². The molecular formula is C12H7Cl2N3. The van der Waals surface area contributed by atoms with Crippen LogP contribution in [0.4, 0.5) is 11.5 Å². The number of nitriles is 1. The smallest absolute Gasteiger partial charge is 0.130 e. The van der Waals surface area contributed by atoms with E-state index in [9.17, 15) is 0 Å². The number of hydrogen-bond acceptors (Lipinski definition) is 3. The van der Waals surface area contributed by atoms with Crippen molar-refractivity contribution in [3.63, 3.8) is 0 Å². The molecule has 0 atom stereocenters.